The van der Waals surface area contributed by atoms with Crippen LogP contribution < -0.4 is 16.0 Å². The van der Waals surface area contributed by atoms with E-state index < -0.39 is 11.7 Å². The molecule has 0 aromatic rings. The van der Waals surface area contributed by atoms with Crippen LogP contribution in [0.25, 0.3) is 0 Å². The van der Waals surface area contributed by atoms with Crippen molar-refractivity contribution in [3.63, 3.8) is 0 Å². The van der Waals surface area contributed by atoms with Gasteiger partial charge in [0.1, 0.15) is 17.8 Å². The first-order valence-electron chi connectivity index (χ1n) is 12.5. The van der Waals surface area contributed by atoms with Crippen molar-refractivity contribution in [3.8, 4) is 0 Å². The van der Waals surface area contributed by atoms with Gasteiger partial charge >= 0.3 is 18.3 Å². The summed E-state index contributed by atoms with van der Waals surface area (Å²) in [7, 11) is 0. The molecule has 4 aliphatic rings. The molecule has 0 saturated carbocycles. The van der Waals surface area contributed by atoms with Gasteiger partial charge in [0, 0.05) is 38.5 Å². The molecule has 0 radical (unpaired) electrons. The van der Waals surface area contributed by atoms with Crippen molar-refractivity contribution >= 4 is 18.3 Å². The van der Waals surface area contributed by atoms with Crippen molar-refractivity contribution in [3.05, 3.63) is 0 Å². The maximum atomic E-state index is 11.9. The van der Waals surface area contributed by atoms with Gasteiger partial charge in [-0.3, -0.25) is 0 Å². The molecule has 0 bridgehead atoms. The van der Waals surface area contributed by atoms with E-state index in [0.717, 1.165) is 32.4 Å². The zero-order valence-electron chi connectivity index (χ0n) is 21.0. The minimum absolute atomic E-state index is 0.0515. The Kier molecular flexibility index (Phi) is 10.2. The predicted octanol–water partition coefficient (Wildman–Crippen LogP) is 1.37. The lowest BCUT2D eigenvalue weighted by Crippen LogP contribution is -2.41. The van der Waals surface area contributed by atoms with Gasteiger partial charge in [0.25, 0.3) is 0 Å². The van der Waals surface area contributed by atoms with Crippen molar-refractivity contribution in [1.29, 1.82) is 0 Å². The molecule has 0 aromatic carbocycles. The van der Waals surface area contributed by atoms with E-state index in [9.17, 15) is 14.4 Å². The maximum Gasteiger partial charge on any atom is 0.410 e. The third-order valence-electron chi connectivity index (χ3n) is 5.87. The molecule has 3 N–H and O–H groups in total. The van der Waals surface area contributed by atoms with Crippen molar-refractivity contribution < 1.29 is 38.1 Å². The fourth-order valence-electron chi connectivity index (χ4n) is 4.06. The minimum Gasteiger partial charge on any atom is -0.444 e. The fraction of sp³-hybridized carbons (Fsp3) is 0.870. The molecule has 0 spiro atoms. The standard InChI is InChI=1S/C14H24N2O5.C9H16N2O3/c1-14(2,3)21-13(18)16-6-4-10(8-16)15-12(17)20-11-5-7-19-9-11;12-9(11-7-1-3-10-5-7)14-8-2-4-13-6-8/h10-11H,4-9H2,1-3H3,(H,15,17);7-8,10H,1-6H2,(H,11,12)/t10-,11+;7-,8+/m11/s1. The summed E-state index contributed by atoms with van der Waals surface area (Å²) in [6.45, 7) is 10.7. The topological polar surface area (TPSA) is 137 Å². The third-order valence-corrected chi connectivity index (χ3v) is 5.87. The molecule has 0 aromatic heterocycles. The van der Waals surface area contributed by atoms with Crippen molar-refractivity contribution in [2.24, 2.45) is 0 Å². The predicted molar refractivity (Wildman–Crippen MR) is 125 cm³/mol. The highest BCUT2D eigenvalue weighted by molar-refractivity contribution is 5.70. The van der Waals surface area contributed by atoms with Crippen molar-refractivity contribution in [2.45, 2.75) is 76.3 Å². The summed E-state index contributed by atoms with van der Waals surface area (Å²) in [6, 6.07) is 0.136. The number of nitrogens with one attached hydrogen (secondary N) is 3. The van der Waals surface area contributed by atoms with E-state index in [1.165, 1.54) is 0 Å². The van der Waals surface area contributed by atoms with Crippen LogP contribution in [0, 0.1) is 0 Å². The first-order valence-corrected chi connectivity index (χ1v) is 12.5. The zero-order valence-corrected chi connectivity index (χ0v) is 21.0. The molecular weight excluding hydrogens is 460 g/mol. The zero-order chi connectivity index (χ0) is 25.3. The Labute approximate surface area is 206 Å². The van der Waals surface area contributed by atoms with E-state index in [0.29, 0.717) is 45.9 Å². The van der Waals surface area contributed by atoms with E-state index in [-0.39, 0.29) is 36.5 Å². The maximum absolute atomic E-state index is 11.9. The Morgan fingerprint density at radius 2 is 1.49 bits per heavy atom. The molecule has 0 unspecified atom stereocenters. The molecule has 200 valence electrons. The van der Waals surface area contributed by atoms with Gasteiger partial charge in [-0.2, -0.15) is 0 Å². The highest BCUT2D eigenvalue weighted by Gasteiger charge is 2.31. The summed E-state index contributed by atoms with van der Waals surface area (Å²) < 4.78 is 26.0. The highest BCUT2D eigenvalue weighted by Crippen LogP contribution is 2.16. The second kappa shape index (κ2) is 13.1. The number of amides is 3. The normalized spacial score (nSPS) is 28.1. The van der Waals surface area contributed by atoms with Gasteiger partial charge in [0.15, 0.2) is 0 Å². The molecule has 3 amide bonds. The molecule has 4 aliphatic heterocycles. The van der Waals surface area contributed by atoms with Crippen LogP contribution in [-0.4, -0.2) is 106 Å². The largest absolute Gasteiger partial charge is 0.444 e. The van der Waals surface area contributed by atoms with E-state index in [1.807, 2.05) is 20.8 Å². The van der Waals surface area contributed by atoms with Crippen molar-refractivity contribution in [2.75, 3.05) is 52.6 Å². The Balaban J connectivity index is 0.000000211. The van der Waals surface area contributed by atoms with Gasteiger partial charge in [0.2, 0.25) is 0 Å². The number of hydrogen-bond donors (Lipinski definition) is 3. The molecule has 4 fully saturated rings. The lowest BCUT2D eigenvalue weighted by molar-refractivity contribution is 0.0288. The minimum atomic E-state index is -0.510. The number of nitrogens with zero attached hydrogens (tertiary/aromatic N) is 1. The number of ether oxygens (including phenoxy) is 5. The first kappa shape index (κ1) is 27.3. The van der Waals surface area contributed by atoms with E-state index >= 15 is 0 Å². The average molecular weight is 501 g/mol. The van der Waals surface area contributed by atoms with Crippen LogP contribution in [0.4, 0.5) is 14.4 Å². The number of rotatable bonds is 4. The van der Waals surface area contributed by atoms with E-state index in [1.54, 1.807) is 4.90 Å². The second-order valence-corrected chi connectivity index (χ2v) is 10.2. The molecule has 35 heavy (non-hydrogen) atoms. The third kappa shape index (κ3) is 10.1. The Hall–Kier alpha value is -2.31. The number of hydrogen-bond acceptors (Lipinski definition) is 9. The molecule has 0 aliphatic carbocycles. The molecule has 4 heterocycles. The molecule has 12 heteroatoms. The summed E-state index contributed by atoms with van der Waals surface area (Å²) >= 11 is 0. The van der Waals surface area contributed by atoms with Gasteiger partial charge in [-0.15, -0.1) is 0 Å². The highest BCUT2D eigenvalue weighted by atomic mass is 16.6. The molecule has 4 rings (SSSR count). The van der Waals surface area contributed by atoms with Crippen molar-refractivity contribution in [1.82, 2.24) is 20.9 Å². The van der Waals surface area contributed by atoms with Crippen LogP contribution in [0.1, 0.15) is 46.5 Å². The number of carbonyl (C=O) groups is 3. The molecule has 12 nitrogen and oxygen atoms in total. The average Bonchev–Trinajstić information content (AvgIpc) is 3.56. The number of alkyl carbamates (subject to hydrolysis) is 2. The smallest absolute Gasteiger partial charge is 0.410 e. The monoisotopic (exact) mass is 500 g/mol. The van der Waals surface area contributed by atoms with Crippen LogP contribution in [-0.2, 0) is 23.7 Å². The lowest BCUT2D eigenvalue weighted by atomic mass is 10.2. The molecular formula is C23H40N4O8. The Bertz CT molecular complexity index is 678. The van der Waals surface area contributed by atoms with Crippen LogP contribution in [0.3, 0.4) is 0 Å². The summed E-state index contributed by atoms with van der Waals surface area (Å²) in [6.07, 6.45) is 1.93. The quantitative estimate of drug-likeness (QED) is 0.489. The van der Waals surface area contributed by atoms with Gasteiger partial charge in [-0.1, -0.05) is 0 Å². The summed E-state index contributed by atoms with van der Waals surface area (Å²) in [5, 5.41) is 8.79. The summed E-state index contributed by atoms with van der Waals surface area (Å²) in [4.78, 5) is 36.6. The molecule has 4 atom stereocenters. The second-order valence-electron chi connectivity index (χ2n) is 10.2. The number of likely N-dealkylation sites (tertiary alicyclic amines) is 1. The van der Waals surface area contributed by atoms with Crippen LogP contribution in [0.5, 0.6) is 0 Å². The fourth-order valence-corrected chi connectivity index (χ4v) is 4.06. The Morgan fingerprint density at radius 1 is 0.886 bits per heavy atom. The lowest BCUT2D eigenvalue weighted by Gasteiger charge is -2.24. The summed E-state index contributed by atoms with van der Waals surface area (Å²) in [5.74, 6) is 0. The van der Waals surface area contributed by atoms with Crippen LogP contribution in [0.15, 0.2) is 0 Å². The van der Waals surface area contributed by atoms with E-state index in [4.69, 9.17) is 23.7 Å². The number of carbonyl (C=O) groups excluding carboxylic acids is 3. The van der Waals surface area contributed by atoms with Gasteiger partial charge in [0.05, 0.1) is 32.5 Å². The van der Waals surface area contributed by atoms with Crippen LogP contribution >= 0.6 is 0 Å². The first-order chi connectivity index (χ1) is 16.7. The van der Waals surface area contributed by atoms with Gasteiger partial charge < -0.3 is 44.5 Å². The van der Waals surface area contributed by atoms with Gasteiger partial charge in [-0.25, -0.2) is 14.4 Å². The Morgan fingerprint density at radius 3 is 1.97 bits per heavy atom. The van der Waals surface area contributed by atoms with Gasteiger partial charge in [-0.05, 0) is 40.2 Å². The summed E-state index contributed by atoms with van der Waals surface area (Å²) in [5.41, 5.74) is -0.510. The van der Waals surface area contributed by atoms with E-state index in [2.05, 4.69) is 16.0 Å². The molecule has 4 saturated heterocycles. The van der Waals surface area contributed by atoms with Crippen LogP contribution in [0.2, 0.25) is 0 Å². The SMILES string of the molecule is CC(C)(C)OC(=O)N1CC[C@@H](NC(=O)O[C@H]2CCOC2)C1.O=C(N[C@@H]1CCNC1)O[C@H]1CCOC1.